The third-order valence-electron chi connectivity index (χ3n) is 3.46. The summed E-state index contributed by atoms with van der Waals surface area (Å²) in [5, 5.41) is 5.06. The Labute approximate surface area is 142 Å². The number of halogens is 1. The van der Waals surface area contributed by atoms with E-state index in [1.54, 1.807) is 0 Å². The summed E-state index contributed by atoms with van der Waals surface area (Å²) in [6, 6.07) is 15.8. The van der Waals surface area contributed by atoms with Crippen LogP contribution in [0.1, 0.15) is 29.1 Å². The van der Waals surface area contributed by atoms with Gasteiger partial charge in [0.05, 0.1) is 3.79 Å². The van der Waals surface area contributed by atoms with Crippen LogP contribution in [0, 0.1) is 0 Å². The Bertz CT molecular complexity index is 683. The number of rotatable bonds is 6. The standard InChI is InChI=1S/C17H18BrNS2/c1-2-9-19-14(11-13-7-8-17(18)20-13)16-10-12-5-3-4-6-15(12)21-16/h3-8,10,14,19H,2,9,11H2,1H3. The minimum Gasteiger partial charge on any atom is -0.309 e. The van der Waals surface area contributed by atoms with Crippen molar-refractivity contribution in [2.75, 3.05) is 6.54 Å². The van der Waals surface area contributed by atoms with Gasteiger partial charge in [0.1, 0.15) is 0 Å². The zero-order valence-corrected chi connectivity index (χ0v) is 15.2. The minimum absolute atomic E-state index is 0.410. The Kier molecular flexibility index (Phi) is 5.11. The van der Waals surface area contributed by atoms with Crippen molar-refractivity contribution in [1.29, 1.82) is 0 Å². The zero-order valence-electron chi connectivity index (χ0n) is 11.9. The molecule has 0 spiro atoms. The van der Waals surface area contributed by atoms with Gasteiger partial charge >= 0.3 is 0 Å². The average Bonchev–Trinajstić information content (AvgIpc) is 3.09. The van der Waals surface area contributed by atoms with Crippen LogP contribution in [0.2, 0.25) is 0 Å². The van der Waals surface area contributed by atoms with Gasteiger partial charge in [-0.1, -0.05) is 25.1 Å². The smallest absolute Gasteiger partial charge is 0.0701 e. The number of benzene rings is 1. The lowest BCUT2D eigenvalue weighted by atomic mass is 10.1. The molecule has 1 atom stereocenters. The van der Waals surface area contributed by atoms with Gasteiger partial charge in [0.15, 0.2) is 0 Å². The van der Waals surface area contributed by atoms with E-state index >= 15 is 0 Å². The van der Waals surface area contributed by atoms with Gasteiger partial charge in [0, 0.05) is 26.9 Å². The summed E-state index contributed by atoms with van der Waals surface area (Å²) in [6.45, 7) is 3.28. The normalized spacial score (nSPS) is 12.9. The highest BCUT2D eigenvalue weighted by Gasteiger charge is 2.15. The minimum atomic E-state index is 0.410. The summed E-state index contributed by atoms with van der Waals surface area (Å²) in [4.78, 5) is 2.86. The highest BCUT2D eigenvalue weighted by Crippen LogP contribution is 2.33. The van der Waals surface area contributed by atoms with Gasteiger partial charge in [-0.05, 0) is 58.5 Å². The predicted molar refractivity (Wildman–Crippen MR) is 98.6 cm³/mol. The van der Waals surface area contributed by atoms with Crippen molar-refractivity contribution in [3.05, 3.63) is 56.0 Å². The van der Waals surface area contributed by atoms with E-state index < -0.39 is 0 Å². The van der Waals surface area contributed by atoms with Crippen LogP contribution >= 0.6 is 38.6 Å². The van der Waals surface area contributed by atoms with Gasteiger partial charge in [-0.15, -0.1) is 22.7 Å². The van der Waals surface area contributed by atoms with Crippen molar-refractivity contribution in [3.8, 4) is 0 Å². The third kappa shape index (κ3) is 3.75. The lowest BCUT2D eigenvalue weighted by Gasteiger charge is -2.16. The van der Waals surface area contributed by atoms with E-state index in [-0.39, 0.29) is 0 Å². The van der Waals surface area contributed by atoms with E-state index in [2.05, 4.69) is 70.6 Å². The number of hydrogen-bond donors (Lipinski definition) is 1. The molecule has 3 aromatic rings. The molecule has 4 heteroatoms. The van der Waals surface area contributed by atoms with Crippen LogP contribution in [0.15, 0.2) is 46.3 Å². The monoisotopic (exact) mass is 379 g/mol. The Morgan fingerprint density at radius 1 is 1.14 bits per heavy atom. The molecule has 0 bridgehead atoms. The van der Waals surface area contributed by atoms with Crippen molar-refractivity contribution in [2.45, 2.75) is 25.8 Å². The molecule has 0 fully saturated rings. The topological polar surface area (TPSA) is 12.0 Å². The Morgan fingerprint density at radius 3 is 2.71 bits per heavy atom. The Morgan fingerprint density at radius 2 is 2.00 bits per heavy atom. The average molecular weight is 380 g/mol. The Balaban J connectivity index is 1.86. The van der Waals surface area contributed by atoms with E-state index in [1.165, 1.54) is 23.6 Å². The molecule has 3 rings (SSSR count). The van der Waals surface area contributed by atoms with Gasteiger partial charge in [0.2, 0.25) is 0 Å². The Hall–Kier alpha value is -0.680. The molecular weight excluding hydrogens is 362 g/mol. The predicted octanol–water partition coefficient (Wildman–Crippen LogP) is 6.01. The molecule has 110 valence electrons. The quantitative estimate of drug-likeness (QED) is 0.552. The van der Waals surface area contributed by atoms with E-state index in [1.807, 2.05) is 22.7 Å². The molecule has 0 saturated heterocycles. The first-order valence-electron chi connectivity index (χ1n) is 7.22. The summed E-state index contributed by atoms with van der Waals surface area (Å²) in [5.74, 6) is 0. The summed E-state index contributed by atoms with van der Waals surface area (Å²) < 4.78 is 2.59. The fraction of sp³-hybridized carbons (Fsp3) is 0.294. The first-order chi connectivity index (χ1) is 10.3. The fourth-order valence-corrected chi connectivity index (χ4v) is 5.10. The molecule has 0 aliphatic heterocycles. The van der Waals surface area contributed by atoms with Gasteiger partial charge in [0.25, 0.3) is 0 Å². The van der Waals surface area contributed by atoms with Gasteiger partial charge in [-0.25, -0.2) is 0 Å². The molecule has 1 aromatic carbocycles. The summed E-state index contributed by atoms with van der Waals surface area (Å²) in [7, 11) is 0. The number of thiophene rings is 2. The SMILES string of the molecule is CCCNC(Cc1ccc(Br)s1)c1cc2ccccc2s1. The third-order valence-corrected chi connectivity index (χ3v) is 6.34. The van der Waals surface area contributed by atoms with Crippen LogP contribution in [0.3, 0.4) is 0 Å². The van der Waals surface area contributed by atoms with Crippen molar-refractivity contribution in [3.63, 3.8) is 0 Å². The van der Waals surface area contributed by atoms with Crippen LogP contribution in [0.4, 0.5) is 0 Å². The van der Waals surface area contributed by atoms with Crippen LogP contribution in [0.5, 0.6) is 0 Å². The molecule has 0 radical (unpaired) electrons. The largest absolute Gasteiger partial charge is 0.309 e. The van der Waals surface area contributed by atoms with Crippen molar-refractivity contribution >= 4 is 48.7 Å². The second-order valence-corrected chi connectivity index (χ2v) is 8.77. The van der Waals surface area contributed by atoms with E-state index in [0.29, 0.717) is 6.04 Å². The van der Waals surface area contributed by atoms with Crippen molar-refractivity contribution in [2.24, 2.45) is 0 Å². The molecule has 1 unspecified atom stereocenters. The highest BCUT2D eigenvalue weighted by molar-refractivity contribution is 9.11. The van der Waals surface area contributed by atoms with Crippen LogP contribution in [-0.2, 0) is 6.42 Å². The molecule has 0 aliphatic rings. The maximum Gasteiger partial charge on any atom is 0.0701 e. The summed E-state index contributed by atoms with van der Waals surface area (Å²) in [5.41, 5.74) is 0. The maximum absolute atomic E-state index is 3.71. The first-order valence-corrected chi connectivity index (χ1v) is 9.65. The highest BCUT2D eigenvalue weighted by atomic mass is 79.9. The summed E-state index contributed by atoms with van der Waals surface area (Å²) in [6.07, 6.45) is 2.22. The molecule has 0 amide bonds. The molecular formula is C17H18BrNS2. The second kappa shape index (κ2) is 7.05. The molecule has 1 N–H and O–H groups in total. The molecule has 0 saturated carbocycles. The van der Waals surface area contributed by atoms with Gasteiger partial charge in [-0.2, -0.15) is 0 Å². The van der Waals surface area contributed by atoms with Crippen LogP contribution < -0.4 is 5.32 Å². The first kappa shape index (κ1) is 15.2. The molecule has 21 heavy (non-hydrogen) atoms. The van der Waals surface area contributed by atoms with Gasteiger partial charge < -0.3 is 5.32 Å². The lowest BCUT2D eigenvalue weighted by Crippen LogP contribution is -2.22. The van der Waals surface area contributed by atoms with E-state index in [9.17, 15) is 0 Å². The fourth-order valence-electron chi connectivity index (χ4n) is 2.43. The second-order valence-electron chi connectivity index (χ2n) is 5.10. The number of fused-ring (bicyclic) bond motifs is 1. The van der Waals surface area contributed by atoms with E-state index in [0.717, 1.165) is 19.4 Å². The number of hydrogen-bond acceptors (Lipinski definition) is 3. The zero-order chi connectivity index (χ0) is 14.7. The molecule has 1 nitrogen and oxygen atoms in total. The summed E-state index contributed by atoms with van der Waals surface area (Å²) >= 11 is 7.30. The maximum atomic E-state index is 3.71. The van der Waals surface area contributed by atoms with Crippen molar-refractivity contribution in [1.82, 2.24) is 5.32 Å². The van der Waals surface area contributed by atoms with E-state index in [4.69, 9.17) is 0 Å². The van der Waals surface area contributed by atoms with Crippen LogP contribution in [0.25, 0.3) is 10.1 Å². The van der Waals surface area contributed by atoms with Gasteiger partial charge in [-0.3, -0.25) is 0 Å². The number of nitrogens with one attached hydrogen (secondary N) is 1. The lowest BCUT2D eigenvalue weighted by molar-refractivity contribution is 0.540. The molecule has 2 heterocycles. The molecule has 0 aliphatic carbocycles. The molecule has 2 aromatic heterocycles. The van der Waals surface area contributed by atoms with Crippen molar-refractivity contribution < 1.29 is 0 Å². The van der Waals surface area contributed by atoms with Crippen LogP contribution in [-0.4, -0.2) is 6.54 Å².